The highest BCUT2D eigenvalue weighted by Gasteiger charge is 2.19. The van der Waals surface area contributed by atoms with Crippen LogP contribution in [0.25, 0.3) is 0 Å². The minimum atomic E-state index is -3.74. The smallest absolute Gasteiger partial charge is 0.242 e. The number of hydrogen-bond acceptors (Lipinski definition) is 4. The van der Waals surface area contributed by atoms with Crippen molar-refractivity contribution in [2.45, 2.75) is 4.90 Å². The number of halogens is 2. The Bertz CT molecular complexity index is 508. The molecule has 3 N–H and O–H groups in total. The lowest BCUT2D eigenvalue weighted by Crippen LogP contribution is -2.26. The van der Waals surface area contributed by atoms with Crippen molar-refractivity contribution in [2.75, 3.05) is 24.3 Å². The molecule has 0 heterocycles. The molecule has 0 amide bonds. The maximum atomic E-state index is 13.0. The van der Waals surface area contributed by atoms with Gasteiger partial charge in [-0.1, -0.05) is 11.6 Å². The molecular formula is C9H12ClFN2O2S2. The van der Waals surface area contributed by atoms with E-state index in [1.165, 1.54) is 11.8 Å². The van der Waals surface area contributed by atoms with Gasteiger partial charge in [-0.05, 0) is 18.4 Å². The molecule has 0 saturated heterocycles. The van der Waals surface area contributed by atoms with Gasteiger partial charge in [0.1, 0.15) is 10.7 Å². The first-order chi connectivity index (χ1) is 7.88. The van der Waals surface area contributed by atoms with Crippen LogP contribution >= 0.6 is 23.4 Å². The average Bonchev–Trinajstić information content (AvgIpc) is 2.23. The van der Waals surface area contributed by atoms with Crippen LogP contribution in [0.4, 0.5) is 10.1 Å². The van der Waals surface area contributed by atoms with Crippen molar-refractivity contribution in [1.29, 1.82) is 0 Å². The first kappa shape index (κ1) is 14.6. The summed E-state index contributed by atoms with van der Waals surface area (Å²) in [6, 6.07) is 1.90. The molecule has 0 aromatic heterocycles. The summed E-state index contributed by atoms with van der Waals surface area (Å²) in [4.78, 5) is -0.209. The monoisotopic (exact) mass is 298 g/mol. The lowest BCUT2D eigenvalue weighted by Gasteiger charge is -2.09. The molecule has 0 aliphatic heterocycles. The van der Waals surface area contributed by atoms with Crippen molar-refractivity contribution < 1.29 is 12.8 Å². The van der Waals surface area contributed by atoms with Gasteiger partial charge in [0.05, 0.1) is 10.7 Å². The topological polar surface area (TPSA) is 72.2 Å². The summed E-state index contributed by atoms with van der Waals surface area (Å²) in [5.41, 5.74) is 5.06. The van der Waals surface area contributed by atoms with Crippen LogP contribution in [0, 0.1) is 5.82 Å². The van der Waals surface area contributed by atoms with Crippen molar-refractivity contribution >= 4 is 39.1 Å². The summed E-state index contributed by atoms with van der Waals surface area (Å²) in [6.07, 6.45) is 1.86. The van der Waals surface area contributed by atoms with Gasteiger partial charge >= 0.3 is 0 Å². The van der Waals surface area contributed by atoms with Gasteiger partial charge in [0.25, 0.3) is 0 Å². The highest BCUT2D eigenvalue weighted by atomic mass is 35.5. The number of benzene rings is 1. The number of nitrogens with two attached hydrogens (primary N) is 1. The maximum Gasteiger partial charge on any atom is 0.242 e. The first-order valence-corrected chi connectivity index (χ1v) is 7.87. The zero-order valence-electron chi connectivity index (χ0n) is 9.04. The molecule has 17 heavy (non-hydrogen) atoms. The Labute approximate surface area is 109 Å². The molecule has 0 bridgehead atoms. The molecular weight excluding hydrogens is 287 g/mol. The Hall–Kier alpha value is -0.500. The Morgan fingerprint density at radius 1 is 1.53 bits per heavy atom. The second kappa shape index (κ2) is 5.90. The fraction of sp³-hybridized carbons (Fsp3) is 0.333. The summed E-state index contributed by atoms with van der Waals surface area (Å²) in [5.74, 6) is -0.105. The van der Waals surface area contributed by atoms with Gasteiger partial charge in [-0.3, -0.25) is 0 Å². The van der Waals surface area contributed by atoms with Crippen molar-refractivity contribution in [3.63, 3.8) is 0 Å². The molecule has 1 aromatic carbocycles. The third kappa shape index (κ3) is 3.74. The number of sulfonamides is 1. The van der Waals surface area contributed by atoms with Gasteiger partial charge in [0.15, 0.2) is 0 Å². The molecule has 0 spiro atoms. The molecule has 1 aromatic rings. The van der Waals surface area contributed by atoms with E-state index in [1.54, 1.807) is 0 Å². The third-order valence-corrected chi connectivity index (χ3v) is 4.48. The summed E-state index contributed by atoms with van der Waals surface area (Å²) < 4.78 is 39.0. The second-order valence-corrected chi connectivity index (χ2v) is 6.32. The predicted octanol–water partition coefficient (Wildman–Crippen LogP) is 1.70. The van der Waals surface area contributed by atoms with Crippen molar-refractivity contribution in [1.82, 2.24) is 4.72 Å². The van der Waals surface area contributed by atoms with Crippen molar-refractivity contribution in [2.24, 2.45) is 0 Å². The highest BCUT2D eigenvalue weighted by Crippen LogP contribution is 2.26. The standard InChI is InChI=1S/C9H12ClFN2O2S2/c1-16-3-2-13-17(14,15)9-5-8(12)7(11)4-6(9)10/h4-5,13H,2-3,12H2,1H3. The Kier molecular flexibility index (Phi) is 5.05. The number of anilines is 1. The number of rotatable bonds is 5. The van der Waals surface area contributed by atoms with E-state index in [4.69, 9.17) is 17.3 Å². The molecule has 0 atom stereocenters. The molecule has 1 rings (SSSR count). The minimum absolute atomic E-state index is 0.187. The molecule has 0 radical (unpaired) electrons. The molecule has 96 valence electrons. The number of hydrogen-bond donors (Lipinski definition) is 2. The quantitative estimate of drug-likeness (QED) is 0.641. The highest BCUT2D eigenvalue weighted by molar-refractivity contribution is 7.98. The number of thioether (sulfide) groups is 1. The van der Waals surface area contributed by atoms with E-state index in [0.29, 0.717) is 5.75 Å². The summed E-state index contributed by atoms with van der Waals surface area (Å²) in [5, 5.41) is -0.187. The van der Waals surface area contributed by atoms with Crippen LogP contribution in [0.1, 0.15) is 0 Å². The van der Waals surface area contributed by atoms with Gasteiger partial charge in [0.2, 0.25) is 10.0 Å². The van der Waals surface area contributed by atoms with Crippen LogP contribution in [0.5, 0.6) is 0 Å². The zero-order valence-corrected chi connectivity index (χ0v) is 11.4. The lowest BCUT2D eigenvalue weighted by atomic mass is 10.3. The van der Waals surface area contributed by atoms with Crippen LogP contribution in [0.3, 0.4) is 0 Å². The molecule has 8 heteroatoms. The Balaban J connectivity index is 3.03. The van der Waals surface area contributed by atoms with Crippen molar-refractivity contribution in [3.8, 4) is 0 Å². The van der Waals surface area contributed by atoms with E-state index in [-0.39, 0.29) is 22.2 Å². The van der Waals surface area contributed by atoms with Gasteiger partial charge in [0, 0.05) is 12.3 Å². The normalized spacial score (nSPS) is 11.7. The second-order valence-electron chi connectivity index (χ2n) is 3.19. The van der Waals surface area contributed by atoms with Crippen LogP contribution in [0.15, 0.2) is 17.0 Å². The minimum Gasteiger partial charge on any atom is -0.396 e. The van der Waals surface area contributed by atoms with Gasteiger partial charge < -0.3 is 5.73 Å². The molecule has 0 saturated carbocycles. The lowest BCUT2D eigenvalue weighted by molar-refractivity contribution is 0.583. The summed E-state index contributed by atoms with van der Waals surface area (Å²) >= 11 is 7.18. The average molecular weight is 299 g/mol. The fourth-order valence-electron chi connectivity index (χ4n) is 1.11. The first-order valence-electron chi connectivity index (χ1n) is 4.61. The molecule has 4 nitrogen and oxygen atoms in total. The van der Waals surface area contributed by atoms with Crippen molar-refractivity contribution in [3.05, 3.63) is 23.0 Å². The maximum absolute atomic E-state index is 13.0. The van der Waals surface area contributed by atoms with Crippen LogP contribution in [-0.2, 0) is 10.0 Å². The summed E-state index contributed by atoms with van der Waals surface area (Å²) in [6.45, 7) is 0.275. The molecule has 0 fully saturated rings. The van der Waals surface area contributed by atoms with E-state index in [1.807, 2.05) is 6.26 Å². The fourth-order valence-corrected chi connectivity index (χ4v) is 3.12. The van der Waals surface area contributed by atoms with Gasteiger partial charge in [-0.15, -0.1) is 0 Å². The van der Waals surface area contributed by atoms with E-state index in [2.05, 4.69) is 4.72 Å². The predicted molar refractivity (Wildman–Crippen MR) is 69.4 cm³/mol. The Morgan fingerprint density at radius 3 is 2.76 bits per heavy atom. The summed E-state index contributed by atoms with van der Waals surface area (Å²) in [7, 11) is -3.74. The largest absolute Gasteiger partial charge is 0.396 e. The number of nitrogens with one attached hydrogen (secondary N) is 1. The van der Waals surface area contributed by atoms with Gasteiger partial charge in [-0.2, -0.15) is 11.8 Å². The van der Waals surface area contributed by atoms with Crippen LogP contribution < -0.4 is 10.5 Å². The third-order valence-electron chi connectivity index (χ3n) is 1.94. The van der Waals surface area contributed by atoms with E-state index >= 15 is 0 Å². The molecule has 0 aliphatic rings. The number of nitrogen functional groups attached to an aromatic ring is 1. The Morgan fingerprint density at radius 2 is 2.18 bits per heavy atom. The molecule has 0 unspecified atom stereocenters. The SMILES string of the molecule is CSCCNS(=O)(=O)c1cc(N)c(F)cc1Cl. The van der Waals surface area contributed by atoms with E-state index < -0.39 is 15.8 Å². The van der Waals surface area contributed by atoms with Gasteiger partial charge in [-0.25, -0.2) is 17.5 Å². The van der Waals surface area contributed by atoms with Crippen LogP contribution in [0.2, 0.25) is 5.02 Å². The van der Waals surface area contributed by atoms with Crippen LogP contribution in [-0.4, -0.2) is 27.0 Å². The van der Waals surface area contributed by atoms with E-state index in [0.717, 1.165) is 12.1 Å². The zero-order chi connectivity index (χ0) is 13.1. The van der Waals surface area contributed by atoms with E-state index in [9.17, 15) is 12.8 Å². The molecule has 0 aliphatic carbocycles.